The van der Waals surface area contributed by atoms with Gasteiger partial charge in [-0.1, -0.05) is 193 Å². The van der Waals surface area contributed by atoms with Crippen molar-refractivity contribution in [2.24, 2.45) is 0 Å². The van der Waals surface area contributed by atoms with E-state index in [0.29, 0.717) is 0 Å². The molecular formula is C51H38P2. The smallest absolute Gasteiger partial charge is 0.0622 e. The first-order chi connectivity index (χ1) is 26.1. The summed E-state index contributed by atoms with van der Waals surface area (Å²) < 4.78 is 0. The maximum Gasteiger partial charge on any atom is 0.0726 e. The van der Waals surface area contributed by atoms with Gasteiger partial charge >= 0.3 is 0 Å². The summed E-state index contributed by atoms with van der Waals surface area (Å²) >= 11 is 0. The van der Waals surface area contributed by atoms with E-state index in [2.05, 4.69) is 208 Å². The van der Waals surface area contributed by atoms with Crippen LogP contribution in [-0.2, 0) is 5.41 Å². The Morgan fingerprint density at radius 2 is 0.604 bits per heavy atom. The fraction of sp³-hybridized carbons (Fsp3) is 0.0588. The van der Waals surface area contributed by atoms with Crippen molar-refractivity contribution < 1.29 is 0 Å². The number of hydrogen-bond acceptors (Lipinski definition) is 0. The molecule has 2 heteroatoms. The van der Waals surface area contributed by atoms with Crippen molar-refractivity contribution in [3.8, 4) is 22.3 Å². The maximum absolute atomic E-state index is 2.59. The molecule has 8 aromatic carbocycles. The van der Waals surface area contributed by atoms with Crippen molar-refractivity contribution in [1.82, 2.24) is 0 Å². The van der Waals surface area contributed by atoms with E-state index in [4.69, 9.17) is 0 Å². The number of fused-ring (bicyclic) bond motifs is 10. The summed E-state index contributed by atoms with van der Waals surface area (Å²) in [5.74, 6) is 0. The third-order valence-corrected chi connectivity index (χ3v) is 16.0. The first-order valence-electron chi connectivity index (χ1n) is 18.4. The van der Waals surface area contributed by atoms with Crippen LogP contribution in [0, 0.1) is 13.8 Å². The average molecular weight is 713 g/mol. The Balaban J connectivity index is 1.25. The van der Waals surface area contributed by atoms with Gasteiger partial charge in [0.2, 0.25) is 0 Å². The van der Waals surface area contributed by atoms with Gasteiger partial charge in [-0.3, -0.25) is 0 Å². The highest BCUT2D eigenvalue weighted by molar-refractivity contribution is 7.80. The molecule has 1 spiro atoms. The van der Waals surface area contributed by atoms with Crippen LogP contribution in [0.2, 0.25) is 0 Å². The van der Waals surface area contributed by atoms with Crippen LogP contribution in [0.25, 0.3) is 22.3 Å². The Morgan fingerprint density at radius 3 is 1.02 bits per heavy atom. The second kappa shape index (κ2) is 12.9. The highest BCUT2D eigenvalue weighted by Crippen LogP contribution is 2.63. The molecule has 10 rings (SSSR count). The maximum atomic E-state index is 2.59. The monoisotopic (exact) mass is 712 g/mol. The average Bonchev–Trinajstić information content (AvgIpc) is 3.67. The largest absolute Gasteiger partial charge is 0.0726 e. The van der Waals surface area contributed by atoms with Crippen LogP contribution in [0.15, 0.2) is 194 Å². The molecule has 2 unspecified atom stereocenters. The van der Waals surface area contributed by atoms with Gasteiger partial charge in [0.25, 0.3) is 0 Å². The van der Waals surface area contributed by atoms with Crippen molar-refractivity contribution >= 4 is 47.7 Å². The van der Waals surface area contributed by atoms with Crippen molar-refractivity contribution in [2.45, 2.75) is 19.3 Å². The second-order valence-corrected chi connectivity index (χ2v) is 18.8. The van der Waals surface area contributed by atoms with Gasteiger partial charge in [0.05, 0.1) is 5.41 Å². The molecule has 0 aromatic heterocycles. The zero-order valence-electron chi connectivity index (χ0n) is 29.9. The van der Waals surface area contributed by atoms with E-state index in [-0.39, 0.29) is 0 Å². The van der Waals surface area contributed by atoms with Crippen LogP contribution >= 0.6 is 15.8 Å². The van der Waals surface area contributed by atoms with E-state index in [1.54, 1.807) is 0 Å². The van der Waals surface area contributed by atoms with Crippen molar-refractivity contribution in [2.75, 3.05) is 0 Å². The van der Waals surface area contributed by atoms with E-state index in [0.717, 1.165) is 0 Å². The molecule has 2 atom stereocenters. The number of aryl methyl sites for hydroxylation is 2. The number of benzene rings is 8. The van der Waals surface area contributed by atoms with Crippen LogP contribution in [0.3, 0.4) is 0 Å². The lowest BCUT2D eigenvalue weighted by Crippen LogP contribution is -2.29. The van der Waals surface area contributed by atoms with Crippen molar-refractivity contribution in [3.63, 3.8) is 0 Å². The molecule has 0 nitrogen and oxygen atoms in total. The highest BCUT2D eigenvalue weighted by Gasteiger charge is 2.52. The summed E-state index contributed by atoms with van der Waals surface area (Å²) in [6, 6.07) is 73.9. The highest BCUT2D eigenvalue weighted by atomic mass is 31.1. The van der Waals surface area contributed by atoms with E-state index < -0.39 is 21.3 Å². The molecule has 0 saturated carbocycles. The third kappa shape index (κ3) is 5.12. The molecule has 8 aromatic rings. The molecule has 0 amide bonds. The fourth-order valence-electron chi connectivity index (χ4n) is 8.83. The van der Waals surface area contributed by atoms with Crippen LogP contribution < -0.4 is 31.8 Å². The molecule has 53 heavy (non-hydrogen) atoms. The lowest BCUT2D eigenvalue weighted by atomic mass is 9.70. The van der Waals surface area contributed by atoms with Crippen LogP contribution in [0.5, 0.6) is 0 Å². The number of hydrogen-bond donors (Lipinski definition) is 0. The molecule has 252 valence electrons. The van der Waals surface area contributed by atoms with E-state index >= 15 is 0 Å². The van der Waals surface area contributed by atoms with Crippen molar-refractivity contribution in [3.05, 3.63) is 228 Å². The summed E-state index contributed by atoms with van der Waals surface area (Å²) in [6.07, 6.45) is 0. The number of rotatable bonds is 6. The normalized spacial score (nSPS) is 14.2. The Morgan fingerprint density at radius 1 is 0.283 bits per heavy atom. The molecule has 0 aliphatic heterocycles. The zero-order valence-corrected chi connectivity index (χ0v) is 31.7. The fourth-order valence-corrected chi connectivity index (χ4v) is 13.4. The lowest BCUT2D eigenvalue weighted by molar-refractivity contribution is 0.795. The zero-order chi connectivity index (χ0) is 35.5. The second-order valence-electron chi connectivity index (χ2n) is 14.3. The minimum Gasteiger partial charge on any atom is -0.0622 e. The summed E-state index contributed by atoms with van der Waals surface area (Å²) in [4.78, 5) is 0. The summed E-state index contributed by atoms with van der Waals surface area (Å²) in [6.45, 7) is 4.35. The van der Waals surface area contributed by atoms with Gasteiger partial charge in [0.1, 0.15) is 0 Å². The Hall–Kier alpha value is -5.38. The van der Waals surface area contributed by atoms with E-state index in [9.17, 15) is 0 Å². The minimum atomic E-state index is -0.783. The van der Waals surface area contributed by atoms with Crippen LogP contribution in [0.1, 0.15) is 33.4 Å². The predicted octanol–water partition coefficient (Wildman–Crippen LogP) is 10.2. The summed E-state index contributed by atoms with van der Waals surface area (Å²) in [5.41, 5.74) is 13.1. The van der Waals surface area contributed by atoms with Gasteiger partial charge in [0, 0.05) is 0 Å². The molecule has 0 N–H and O–H groups in total. The molecule has 0 fully saturated rings. The van der Waals surface area contributed by atoms with Crippen LogP contribution in [0.4, 0.5) is 0 Å². The topological polar surface area (TPSA) is 0 Å². The van der Waals surface area contributed by atoms with Crippen molar-refractivity contribution in [1.29, 1.82) is 0 Å². The van der Waals surface area contributed by atoms with E-state index in [1.165, 1.54) is 87.5 Å². The molecule has 0 heterocycles. The molecule has 0 saturated heterocycles. The molecule has 2 aliphatic carbocycles. The van der Waals surface area contributed by atoms with Gasteiger partial charge < -0.3 is 0 Å². The first-order valence-corrected chi connectivity index (χ1v) is 21.1. The van der Waals surface area contributed by atoms with Gasteiger partial charge in [-0.05, 0) is 118 Å². The molecule has 0 bridgehead atoms. The van der Waals surface area contributed by atoms with Gasteiger partial charge in [-0.25, -0.2) is 0 Å². The quantitative estimate of drug-likeness (QED) is 0.151. The minimum absolute atomic E-state index is 0.431. The standard InChI is InChI=1S/C51H38P2/c1-35-21-25-39(26-22-35)52(37-13-5-3-6-14-37)41-29-31-45-46-32-30-42(53(38-15-7-4-8-16-38)40-27-23-36(2)24-28-40)34-50(46)51(49(45)33-41)47-19-11-9-17-43(47)44-18-10-12-20-48(44)51/h3-34H,1-2H3. The van der Waals surface area contributed by atoms with Gasteiger partial charge in [-0.2, -0.15) is 0 Å². The van der Waals surface area contributed by atoms with E-state index in [1.807, 2.05) is 0 Å². The summed E-state index contributed by atoms with van der Waals surface area (Å²) in [5, 5.41) is 8.27. The lowest BCUT2D eigenvalue weighted by Gasteiger charge is -2.32. The molecule has 0 radical (unpaired) electrons. The molecular weight excluding hydrogens is 675 g/mol. The predicted molar refractivity (Wildman–Crippen MR) is 230 cm³/mol. The Labute approximate surface area is 315 Å². The Bertz CT molecular complexity index is 2440. The molecule has 2 aliphatic rings. The SMILES string of the molecule is Cc1ccc(P(c2ccccc2)c2ccc3c(c2)C2(c4ccccc4-c4ccccc42)c2cc(P(c4ccccc4)c4ccc(C)cc4)ccc2-3)cc1. The van der Waals surface area contributed by atoms with Gasteiger partial charge in [0.15, 0.2) is 0 Å². The Kier molecular flexibility index (Phi) is 7.88. The summed E-state index contributed by atoms with van der Waals surface area (Å²) in [7, 11) is -1.57. The first kappa shape index (κ1) is 32.3. The third-order valence-electron chi connectivity index (χ3n) is 11.2. The van der Waals surface area contributed by atoms with Gasteiger partial charge in [-0.15, -0.1) is 0 Å². The van der Waals surface area contributed by atoms with Crippen LogP contribution in [-0.4, -0.2) is 0 Å².